The molecule has 1 aromatic heterocycles. The minimum atomic E-state index is 0.758. The number of halogens is 1. The van der Waals surface area contributed by atoms with Crippen LogP contribution in [0.2, 0.25) is 0 Å². The molecule has 1 aromatic carbocycles. The van der Waals surface area contributed by atoms with Crippen molar-refractivity contribution in [2.24, 2.45) is 0 Å². The van der Waals surface area contributed by atoms with Crippen LogP contribution in [0.4, 0.5) is 0 Å². The molecule has 0 atom stereocenters. The molecule has 2 aromatic rings. The molecule has 0 N–H and O–H groups in total. The smallest absolute Gasteiger partial charge is 0.0722 e. The van der Waals surface area contributed by atoms with E-state index < -0.39 is 0 Å². The van der Waals surface area contributed by atoms with Crippen LogP contribution in [0.5, 0.6) is 0 Å². The summed E-state index contributed by atoms with van der Waals surface area (Å²) >= 11 is 3.54. The van der Waals surface area contributed by atoms with Crippen molar-refractivity contribution in [2.75, 3.05) is 0 Å². The summed E-state index contributed by atoms with van der Waals surface area (Å²) in [7, 11) is 0. The fourth-order valence-electron chi connectivity index (χ4n) is 1.45. The SMILES string of the molecule is Cc1ccc(Br)c(Cn2nncc2C)c1. The van der Waals surface area contributed by atoms with Crippen molar-refractivity contribution in [3.8, 4) is 0 Å². The standard InChI is InChI=1S/C11H12BrN3/c1-8-3-4-11(12)10(5-8)7-15-9(2)6-13-14-15/h3-6H,7H2,1-2H3. The van der Waals surface area contributed by atoms with E-state index in [2.05, 4.69) is 51.4 Å². The Bertz CT molecular complexity index is 476. The van der Waals surface area contributed by atoms with Crippen molar-refractivity contribution in [3.63, 3.8) is 0 Å². The normalized spacial score (nSPS) is 10.6. The van der Waals surface area contributed by atoms with Gasteiger partial charge < -0.3 is 0 Å². The van der Waals surface area contributed by atoms with Crippen molar-refractivity contribution >= 4 is 15.9 Å². The molecule has 0 aliphatic heterocycles. The molecule has 0 saturated carbocycles. The number of aryl methyl sites for hydroxylation is 2. The molecule has 15 heavy (non-hydrogen) atoms. The first-order valence-electron chi connectivity index (χ1n) is 4.77. The lowest BCUT2D eigenvalue weighted by Crippen LogP contribution is -2.04. The van der Waals surface area contributed by atoms with Crippen LogP contribution in [0.25, 0.3) is 0 Å². The first-order valence-corrected chi connectivity index (χ1v) is 5.56. The van der Waals surface area contributed by atoms with Crippen LogP contribution in [0.3, 0.4) is 0 Å². The number of benzene rings is 1. The molecule has 0 aliphatic carbocycles. The van der Waals surface area contributed by atoms with Gasteiger partial charge in [0.1, 0.15) is 0 Å². The molecular formula is C11H12BrN3. The lowest BCUT2D eigenvalue weighted by molar-refractivity contribution is 0.631. The average molecular weight is 266 g/mol. The molecule has 78 valence electrons. The summed E-state index contributed by atoms with van der Waals surface area (Å²) in [5.74, 6) is 0. The zero-order chi connectivity index (χ0) is 10.8. The maximum atomic E-state index is 4.03. The summed E-state index contributed by atoms with van der Waals surface area (Å²) in [4.78, 5) is 0. The van der Waals surface area contributed by atoms with Gasteiger partial charge in [-0.3, -0.25) is 0 Å². The Morgan fingerprint density at radius 1 is 1.33 bits per heavy atom. The summed E-state index contributed by atoms with van der Waals surface area (Å²) in [6, 6.07) is 6.31. The number of aromatic nitrogens is 3. The van der Waals surface area contributed by atoms with E-state index >= 15 is 0 Å². The van der Waals surface area contributed by atoms with Crippen LogP contribution >= 0.6 is 15.9 Å². The molecule has 0 unspecified atom stereocenters. The monoisotopic (exact) mass is 265 g/mol. The van der Waals surface area contributed by atoms with E-state index in [1.54, 1.807) is 6.20 Å². The Hall–Kier alpha value is -1.16. The molecule has 0 radical (unpaired) electrons. The van der Waals surface area contributed by atoms with E-state index in [1.807, 2.05) is 11.6 Å². The molecule has 0 aliphatic rings. The van der Waals surface area contributed by atoms with E-state index in [4.69, 9.17) is 0 Å². The molecule has 0 saturated heterocycles. The number of hydrogen-bond donors (Lipinski definition) is 0. The second-order valence-corrected chi connectivity index (χ2v) is 4.48. The minimum absolute atomic E-state index is 0.758. The molecule has 0 amide bonds. The highest BCUT2D eigenvalue weighted by Crippen LogP contribution is 2.19. The Balaban J connectivity index is 2.32. The second-order valence-electron chi connectivity index (χ2n) is 3.63. The quantitative estimate of drug-likeness (QED) is 0.836. The molecule has 1 heterocycles. The number of hydrogen-bond acceptors (Lipinski definition) is 2. The van der Waals surface area contributed by atoms with Crippen LogP contribution in [0, 0.1) is 13.8 Å². The number of rotatable bonds is 2. The predicted molar refractivity (Wildman–Crippen MR) is 62.7 cm³/mol. The van der Waals surface area contributed by atoms with Crippen LogP contribution in [-0.2, 0) is 6.54 Å². The Morgan fingerprint density at radius 3 is 2.80 bits per heavy atom. The fourth-order valence-corrected chi connectivity index (χ4v) is 1.82. The highest BCUT2D eigenvalue weighted by atomic mass is 79.9. The van der Waals surface area contributed by atoms with Crippen molar-refractivity contribution in [3.05, 3.63) is 45.7 Å². The van der Waals surface area contributed by atoms with Gasteiger partial charge in [0.2, 0.25) is 0 Å². The molecule has 4 heteroatoms. The second kappa shape index (κ2) is 4.14. The van der Waals surface area contributed by atoms with Gasteiger partial charge in [-0.2, -0.15) is 0 Å². The molecule has 0 fully saturated rings. The minimum Gasteiger partial charge on any atom is -0.245 e. The maximum Gasteiger partial charge on any atom is 0.0722 e. The fraction of sp³-hybridized carbons (Fsp3) is 0.273. The van der Waals surface area contributed by atoms with E-state index in [0.717, 1.165) is 16.7 Å². The van der Waals surface area contributed by atoms with Crippen molar-refractivity contribution in [1.82, 2.24) is 15.0 Å². The highest BCUT2D eigenvalue weighted by Gasteiger charge is 2.04. The van der Waals surface area contributed by atoms with Crippen LogP contribution in [0.1, 0.15) is 16.8 Å². The lowest BCUT2D eigenvalue weighted by atomic mass is 10.1. The van der Waals surface area contributed by atoms with E-state index in [9.17, 15) is 0 Å². The largest absolute Gasteiger partial charge is 0.245 e. The van der Waals surface area contributed by atoms with E-state index in [0.29, 0.717) is 0 Å². The highest BCUT2D eigenvalue weighted by molar-refractivity contribution is 9.10. The Labute approximate surface area is 97.2 Å². The summed E-state index contributed by atoms with van der Waals surface area (Å²) in [6.45, 7) is 4.85. The molecule has 3 nitrogen and oxygen atoms in total. The van der Waals surface area contributed by atoms with Gasteiger partial charge in [0.05, 0.1) is 18.4 Å². The summed E-state index contributed by atoms with van der Waals surface area (Å²) in [5.41, 5.74) is 3.55. The predicted octanol–water partition coefficient (Wildman–Crippen LogP) is 2.71. The van der Waals surface area contributed by atoms with Gasteiger partial charge in [-0.1, -0.05) is 38.8 Å². The maximum absolute atomic E-state index is 4.03. The topological polar surface area (TPSA) is 30.7 Å². The third-order valence-electron chi connectivity index (χ3n) is 2.33. The van der Waals surface area contributed by atoms with Crippen molar-refractivity contribution < 1.29 is 0 Å². The zero-order valence-electron chi connectivity index (χ0n) is 8.74. The van der Waals surface area contributed by atoms with Gasteiger partial charge in [-0.15, -0.1) is 5.10 Å². The molecule has 2 rings (SSSR count). The summed E-state index contributed by atoms with van der Waals surface area (Å²) in [5, 5.41) is 7.90. The third-order valence-corrected chi connectivity index (χ3v) is 3.11. The Kier molecular flexibility index (Phi) is 2.86. The van der Waals surface area contributed by atoms with E-state index in [-0.39, 0.29) is 0 Å². The van der Waals surface area contributed by atoms with Gasteiger partial charge >= 0.3 is 0 Å². The van der Waals surface area contributed by atoms with Gasteiger partial charge in [0, 0.05) is 4.47 Å². The molecule has 0 spiro atoms. The van der Waals surface area contributed by atoms with Crippen molar-refractivity contribution in [1.29, 1.82) is 0 Å². The molecule has 0 bridgehead atoms. The van der Waals surface area contributed by atoms with Gasteiger partial charge in [0.25, 0.3) is 0 Å². The first-order chi connectivity index (χ1) is 7.16. The van der Waals surface area contributed by atoms with Gasteiger partial charge in [-0.25, -0.2) is 4.68 Å². The summed E-state index contributed by atoms with van der Waals surface area (Å²) < 4.78 is 3.00. The third kappa shape index (κ3) is 2.26. The first kappa shape index (κ1) is 10.4. The van der Waals surface area contributed by atoms with Crippen LogP contribution < -0.4 is 0 Å². The van der Waals surface area contributed by atoms with Crippen LogP contribution in [-0.4, -0.2) is 15.0 Å². The summed E-state index contributed by atoms with van der Waals surface area (Å²) in [6.07, 6.45) is 1.77. The van der Waals surface area contributed by atoms with Crippen molar-refractivity contribution in [2.45, 2.75) is 20.4 Å². The van der Waals surface area contributed by atoms with Crippen LogP contribution in [0.15, 0.2) is 28.9 Å². The molecular weight excluding hydrogens is 254 g/mol. The van der Waals surface area contributed by atoms with E-state index in [1.165, 1.54) is 11.1 Å². The van der Waals surface area contributed by atoms with Gasteiger partial charge in [-0.05, 0) is 25.5 Å². The number of nitrogens with zero attached hydrogens (tertiary/aromatic N) is 3. The zero-order valence-corrected chi connectivity index (χ0v) is 10.3. The Morgan fingerprint density at radius 2 is 2.13 bits per heavy atom. The van der Waals surface area contributed by atoms with Gasteiger partial charge in [0.15, 0.2) is 0 Å². The lowest BCUT2D eigenvalue weighted by Gasteiger charge is -2.06. The average Bonchev–Trinajstić information content (AvgIpc) is 2.58.